The van der Waals surface area contributed by atoms with Gasteiger partial charge in [0, 0.05) is 30.2 Å². The van der Waals surface area contributed by atoms with Crippen LogP contribution in [0.2, 0.25) is 0 Å². The molecular weight excluding hydrogens is 288 g/mol. The number of amidine groups is 1. The van der Waals surface area contributed by atoms with E-state index in [1.165, 1.54) is 23.8 Å². The zero-order valence-electron chi connectivity index (χ0n) is 13.9. The van der Waals surface area contributed by atoms with Crippen LogP contribution in [0.15, 0.2) is 34.4 Å². The third kappa shape index (κ3) is 3.29. The smallest absolute Gasteiger partial charge is 0.136 e. The molecule has 0 aliphatic carbocycles. The van der Waals surface area contributed by atoms with E-state index in [-0.39, 0.29) is 0 Å². The third-order valence-electron chi connectivity index (χ3n) is 4.71. The Labute approximate surface area is 137 Å². The molecule has 1 fully saturated rings. The normalized spacial score (nSPS) is 19.4. The third-order valence-corrected chi connectivity index (χ3v) is 4.71. The Bertz CT molecular complexity index is 719. The monoisotopic (exact) mass is 312 g/mol. The predicted molar refractivity (Wildman–Crippen MR) is 96.1 cm³/mol. The number of fused-ring (bicyclic) bond motifs is 1. The Balaban J connectivity index is 1.79. The summed E-state index contributed by atoms with van der Waals surface area (Å²) < 4.78 is 5.36. The number of methoxy groups -OCH3 is 1. The summed E-state index contributed by atoms with van der Waals surface area (Å²) >= 11 is 0. The molecule has 2 aromatic rings. The van der Waals surface area contributed by atoms with Crippen molar-refractivity contribution in [2.75, 3.05) is 27.2 Å². The number of likely N-dealkylation sites (tertiary alicyclic amines) is 1. The van der Waals surface area contributed by atoms with Crippen molar-refractivity contribution >= 4 is 23.5 Å². The average Bonchev–Trinajstić information content (AvgIpc) is 3.19. The van der Waals surface area contributed by atoms with Gasteiger partial charge in [-0.2, -0.15) is 0 Å². The molecule has 0 saturated carbocycles. The van der Waals surface area contributed by atoms with Gasteiger partial charge in [-0.15, -0.1) is 0 Å². The van der Waals surface area contributed by atoms with Crippen molar-refractivity contribution < 1.29 is 4.74 Å². The topological polar surface area (TPSA) is 53.0 Å². The van der Waals surface area contributed by atoms with Gasteiger partial charge in [-0.05, 0) is 56.3 Å². The molecule has 1 unspecified atom stereocenters. The lowest BCUT2D eigenvalue weighted by Crippen LogP contribution is -2.35. The fourth-order valence-electron chi connectivity index (χ4n) is 3.41. The van der Waals surface area contributed by atoms with E-state index in [4.69, 9.17) is 4.74 Å². The second-order valence-corrected chi connectivity index (χ2v) is 5.99. The molecule has 1 aromatic carbocycles. The molecule has 1 N–H and O–H groups in total. The molecule has 0 spiro atoms. The van der Waals surface area contributed by atoms with Crippen LogP contribution in [0.5, 0.6) is 5.75 Å². The average molecular weight is 312 g/mol. The summed E-state index contributed by atoms with van der Waals surface area (Å²) in [4.78, 5) is 14.0. The van der Waals surface area contributed by atoms with Gasteiger partial charge in [0.25, 0.3) is 0 Å². The Kier molecular flexibility index (Phi) is 4.76. The van der Waals surface area contributed by atoms with Crippen molar-refractivity contribution in [3.63, 3.8) is 0 Å². The van der Waals surface area contributed by atoms with E-state index in [0.717, 1.165) is 36.6 Å². The summed E-state index contributed by atoms with van der Waals surface area (Å²) in [5, 5.41) is 1.25. The molecule has 0 radical (unpaired) electrons. The van der Waals surface area contributed by atoms with Crippen molar-refractivity contribution in [2.45, 2.75) is 25.3 Å². The molecule has 2 heterocycles. The second kappa shape index (κ2) is 6.96. The highest BCUT2D eigenvalue weighted by molar-refractivity contribution is 5.88. The number of benzene rings is 1. The molecule has 5 nitrogen and oxygen atoms in total. The van der Waals surface area contributed by atoms with Crippen LogP contribution in [0.25, 0.3) is 10.9 Å². The Morgan fingerprint density at radius 2 is 2.35 bits per heavy atom. The number of nitrogens with one attached hydrogen (secondary N) is 1. The number of H-pyrrole nitrogens is 1. The maximum atomic E-state index is 5.36. The van der Waals surface area contributed by atoms with Crippen molar-refractivity contribution in [1.29, 1.82) is 0 Å². The van der Waals surface area contributed by atoms with Crippen molar-refractivity contribution in [1.82, 2.24) is 9.88 Å². The van der Waals surface area contributed by atoms with Crippen molar-refractivity contribution in [3.05, 3.63) is 30.0 Å². The maximum Gasteiger partial charge on any atom is 0.136 e. The van der Waals surface area contributed by atoms with Gasteiger partial charge >= 0.3 is 0 Å². The molecule has 0 amide bonds. The molecule has 1 aliphatic rings. The fraction of sp³-hybridized carbons (Fsp3) is 0.444. The van der Waals surface area contributed by atoms with Gasteiger partial charge in [0.2, 0.25) is 0 Å². The first kappa shape index (κ1) is 15.7. The van der Waals surface area contributed by atoms with E-state index in [1.807, 2.05) is 6.07 Å². The molecule has 0 bridgehead atoms. The lowest BCUT2D eigenvalue weighted by atomic mass is 10.0. The predicted octanol–water partition coefficient (Wildman–Crippen LogP) is 2.91. The summed E-state index contributed by atoms with van der Waals surface area (Å²) in [6.07, 6.45) is 5.59. The van der Waals surface area contributed by atoms with E-state index in [9.17, 15) is 0 Å². The lowest BCUT2D eigenvalue weighted by molar-refractivity contribution is 0.287. The van der Waals surface area contributed by atoms with E-state index >= 15 is 0 Å². The Morgan fingerprint density at radius 1 is 1.48 bits per heavy atom. The molecule has 1 saturated heterocycles. The number of hydrogen-bond donors (Lipinski definition) is 1. The van der Waals surface area contributed by atoms with Gasteiger partial charge in [0.1, 0.15) is 11.6 Å². The van der Waals surface area contributed by atoms with E-state index in [1.54, 1.807) is 14.2 Å². The molecule has 1 atom stereocenters. The first-order chi connectivity index (χ1) is 11.2. The highest BCUT2D eigenvalue weighted by Gasteiger charge is 2.26. The van der Waals surface area contributed by atoms with Crippen molar-refractivity contribution in [2.24, 2.45) is 9.98 Å². The summed E-state index contributed by atoms with van der Waals surface area (Å²) in [6, 6.07) is 6.71. The summed E-state index contributed by atoms with van der Waals surface area (Å²) in [6.45, 7) is 5.50. The van der Waals surface area contributed by atoms with Crippen LogP contribution in [0.3, 0.4) is 0 Å². The van der Waals surface area contributed by atoms with Crippen molar-refractivity contribution in [3.8, 4) is 5.75 Å². The van der Waals surface area contributed by atoms with Crippen LogP contribution >= 0.6 is 0 Å². The second-order valence-electron chi connectivity index (χ2n) is 5.99. The molecule has 1 aromatic heterocycles. The minimum Gasteiger partial charge on any atom is -0.497 e. The van der Waals surface area contributed by atoms with Gasteiger partial charge in [-0.3, -0.25) is 9.89 Å². The highest BCUT2D eigenvalue weighted by Crippen LogP contribution is 2.28. The van der Waals surface area contributed by atoms with Gasteiger partial charge in [0.05, 0.1) is 13.7 Å². The molecule has 3 rings (SSSR count). The quantitative estimate of drug-likeness (QED) is 0.682. The first-order valence-corrected chi connectivity index (χ1v) is 8.05. The lowest BCUT2D eigenvalue weighted by Gasteiger charge is -2.23. The standard InChI is InChI=1S/C18H24N4O/c1-19-18(20-2)12-22-8-4-5-14(22)9-13-11-21-17-7-6-15(23-3)10-16(13)17/h6-7,10-11,14,21H,1,4-5,8-9,12H2,2-3H3. The van der Waals surface area contributed by atoms with E-state index in [2.05, 4.69) is 44.9 Å². The molecule has 23 heavy (non-hydrogen) atoms. The minimum atomic E-state index is 0.527. The molecule has 122 valence electrons. The Hall–Kier alpha value is -2.14. The number of aromatic nitrogens is 1. The van der Waals surface area contributed by atoms with E-state index < -0.39 is 0 Å². The molecule has 1 aliphatic heterocycles. The molecule has 5 heteroatoms. The van der Waals surface area contributed by atoms with Crippen LogP contribution in [-0.4, -0.2) is 55.7 Å². The van der Waals surface area contributed by atoms with Crippen LogP contribution < -0.4 is 4.74 Å². The summed E-state index contributed by atoms with van der Waals surface area (Å²) in [5.41, 5.74) is 2.51. The zero-order valence-corrected chi connectivity index (χ0v) is 13.9. The van der Waals surface area contributed by atoms with Gasteiger partial charge in [-0.1, -0.05) is 0 Å². The van der Waals surface area contributed by atoms with Crippen LogP contribution in [0.1, 0.15) is 18.4 Å². The zero-order chi connectivity index (χ0) is 16.2. The largest absolute Gasteiger partial charge is 0.497 e. The van der Waals surface area contributed by atoms with Gasteiger partial charge in [-0.25, -0.2) is 4.99 Å². The molecular formula is C18H24N4O. The SMILES string of the molecule is C=NC(CN1CCCC1Cc1c[nH]c2ccc(OC)cc12)=NC. The number of hydrogen-bond acceptors (Lipinski definition) is 3. The number of ether oxygens (including phenoxy) is 1. The number of rotatable bonds is 5. The van der Waals surface area contributed by atoms with Crippen LogP contribution in [0, 0.1) is 0 Å². The van der Waals surface area contributed by atoms with E-state index in [0.29, 0.717) is 6.04 Å². The first-order valence-electron chi connectivity index (χ1n) is 8.05. The number of nitrogens with zero attached hydrogens (tertiary/aromatic N) is 3. The fourth-order valence-corrected chi connectivity index (χ4v) is 3.41. The Morgan fingerprint density at radius 3 is 3.09 bits per heavy atom. The van der Waals surface area contributed by atoms with Gasteiger partial charge in [0.15, 0.2) is 0 Å². The maximum absolute atomic E-state index is 5.36. The number of aliphatic imine (C=N–C) groups is 2. The summed E-state index contributed by atoms with van der Waals surface area (Å²) in [5.74, 6) is 1.72. The highest BCUT2D eigenvalue weighted by atomic mass is 16.5. The minimum absolute atomic E-state index is 0.527. The van der Waals surface area contributed by atoms with Gasteiger partial charge < -0.3 is 9.72 Å². The number of aromatic amines is 1. The van der Waals surface area contributed by atoms with Crippen LogP contribution in [-0.2, 0) is 6.42 Å². The summed E-state index contributed by atoms with van der Waals surface area (Å²) in [7, 11) is 3.49. The van der Waals surface area contributed by atoms with Crippen LogP contribution in [0.4, 0.5) is 0 Å².